The van der Waals surface area contributed by atoms with E-state index in [0.717, 1.165) is 29.7 Å². The third-order valence-electron chi connectivity index (χ3n) is 6.40. The maximum atomic E-state index is 13.1. The quantitative estimate of drug-likeness (QED) is 0.786. The monoisotopic (exact) mass is 389 g/mol. The number of imide groups is 1. The third-order valence-corrected chi connectivity index (χ3v) is 6.40. The van der Waals surface area contributed by atoms with Crippen LogP contribution >= 0.6 is 0 Å². The van der Waals surface area contributed by atoms with Gasteiger partial charge in [0.25, 0.3) is 5.91 Å². The van der Waals surface area contributed by atoms with Crippen molar-refractivity contribution in [3.8, 4) is 0 Å². The Morgan fingerprint density at radius 3 is 2.46 bits per heavy atom. The number of halogens is 1. The van der Waals surface area contributed by atoms with Crippen LogP contribution in [0.2, 0.25) is 0 Å². The molecule has 2 aliphatic rings. The highest BCUT2D eigenvalue weighted by Gasteiger charge is 2.52. The summed E-state index contributed by atoms with van der Waals surface area (Å²) in [5.74, 6) is -0.371. The fourth-order valence-electron chi connectivity index (χ4n) is 4.16. The molecule has 1 aromatic rings. The van der Waals surface area contributed by atoms with Crippen LogP contribution in [0.5, 0.6) is 0 Å². The molecule has 1 aliphatic heterocycles. The van der Waals surface area contributed by atoms with Crippen LogP contribution in [-0.2, 0) is 9.59 Å². The first kappa shape index (κ1) is 20.3. The molecule has 3 rings (SSSR count). The summed E-state index contributed by atoms with van der Waals surface area (Å²) in [5, 5.41) is 2.85. The van der Waals surface area contributed by atoms with Gasteiger partial charge in [0.2, 0.25) is 5.91 Å². The molecule has 6 nitrogen and oxygen atoms in total. The fourth-order valence-corrected chi connectivity index (χ4v) is 4.16. The highest BCUT2D eigenvalue weighted by atomic mass is 19.1. The van der Waals surface area contributed by atoms with Crippen LogP contribution in [0.25, 0.3) is 0 Å². The number of nitrogens with zero attached hydrogens (tertiary/aromatic N) is 2. The van der Waals surface area contributed by atoms with Gasteiger partial charge in [0.05, 0.1) is 6.04 Å². The molecule has 1 saturated carbocycles. The summed E-state index contributed by atoms with van der Waals surface area (Å²) < 4.78 is 13.1. The Bertz CT molecular complexity index is 757. The van der Waals surface area contributed by atoms with Crippen molar-refractivity contribution in [1.29, 1.82) is 0 Å². The summed E-state index contributed by atoms with van der Waals surface area (Å²) in [6, 6.07) is 5.15. The van der Waals surface area contributed by atoms with Gasteiger partial charge in [-0.25, -0.2) is 9.18 Å². The molecule has 1 unspecified atom stereocenters. The third kappa shape index (κ3) is 3.75. The van der Waals surface area contributed by atoms with Gasteiger partial charge >= 0.3 is 6.03 Å². The minimum Gasteiger partial charge on any atom is -0.337 e. The van der Waals surface area contributed by atoms with Gasteiger partial charge in [-0.15, -0.1) is 0 Å². The zero-order valence-corrected chi connectivity index (χ0v) is 16.7. The van der Waals surface area contributed by atoms with E-state index in [1.165, 1.54) is 17.0 Å². The summed E-state index contributed by atoms with van der Waals surface area (Å²) in [5.41, 5.74) is -0.0618. The zero-order chi connectivity index (χ0) is 20.5. The van der Waals surface area contributed by atoms with E-state index in [1.54, 1.807) is 19.2 Å². The molecular formula is C21H28FN3O3. The van der Waals surface area contributed by atoms with Crippen molar-refractivity contribution in [1.82, 2.24) is 15.1 Å². The summed E-state index contributed by atoms with van der Waals surface area (Å²) in [7, 11) is 1.62. The second-order valence-corrected chi connectivity index (χ2v) is 7.99. The summed E-state index contributed by atoms with van der Waals surface area (Å²) in [4.78, 5) is 40.6. The molecule has 1 spiro atoms. The second-order valence-electron chi connectivity index (χ2n) is 7.99. The number of carbonyl (C=O) groups excluding carboxylic acids is 3. The number of likely N-dealkylation sites (N-methyl/N-ethyl adjacent to an activating group) is 1. The Balaban J connectivity index is 1.65. The summed E-state index contributed by atoms with van der Waals surface area (Å²) >= 11 is 0. The van der Waals surface area contributed by atoms with Crippen molar-refractivity contribution in [2.45, 2.75) is 57.5 Å². The molecule has 7 heteroatoms. The lowest BCUT2D eigenvalue weighted by atomic mass is 9.75. The highest BCUT2D eigenvalue weighted by Crippen LogP contribution is 2.37. The van der Waals surface area contributed by atoms with Crippen LogP contribution in [0.4, 0.5) is 9.18 Å². The molecule has 0 bridgehead atoms. The lowest BCUT2D eigenvalue weighted by molar-refractivity contribution is -0.140. The number of carbonyl (C=O) groups is 3. The van der Waals surface area contributed by atoms with E-state index in [2.05, 4.69) is 12.2 Å². The first-order chi connectivity index (χ1) is 13.3. The number of hydrogen-bond acceptors (Lipinski definition) is 3. The second kappa shape index (κ2) is 7.89. The number of amides is 4. The van der Waals surface area contributed by atoms with Gasteiger partial charge in [0, 0.05) is 7.05 Å². The smallest absolute Gasteiger partial charge is 0.325 e. The predicted molar refractivity (Wildman–Crippen MR) is 103 cm³/mol. The molecule has 1 heterocycles. The van der Waals surface area contributed by atoms with Crippen molar-refractivity contribution in [3.63, 3.8) is 0 Å². The normalized spacial score (nSPS) is 25.7. The van der Waals surface area contributed by atoms with Gasteiger partial charge in [-0.3, -0.25) is 14.5 Å². The molecule has 1 aliphatic carbocycles. The minimum atomic E-state index is -0.843. The average Bonchev–Trinajstić information content (AvgIpc) is 2.92. The van der Waals surface area contributed by atoms with Crippen LogP contribution in [0.3, 0.4) is 0 Å². The van der Waals surface area contributed by atoms with Gasteiger partial charge in [0.15, 0.2) is 0 Å². The van der Waals surface area contributed by atoms with Crippen LogP contribution < -0.4 is 5.32 Å². The average molecular weight is 389 g/mol. The van der Waals surface area contributed by atoms with Gasteiger partial charge in [-0.1, -0.05) is 25.5 Å². The Morgan fingerprint density at radius 1 is 1.29 bits per heavy atom. The van der Waals surface area contributed by atoms with Crippen LogP contribution in [0, 0.1) is 11.7 Å². The van der Waals surface area contributed by atoms with Gasteiger partial charge in [-0.05, 0) is 56.2 Å². The van der Waals surface area contributed by atoms with Crippen molar-refractivity contribution < 1.29 is 18.8 Å². The molecule has 1 N–H and O–H groups in total. The van der Waals surface area contributed by atoms with E-state index < -0.39 is 11.6 Å². The Hall–Kier alpha value is -2.44. The number of nitrogens with one attached hydrogen (secondary N) is 1. The molecule has 2 fully saturated rings. The maximum Gasteiger partial charge on any atom is 0.325 e. The van der Waals surface area contributed by atoms with E-state index in [9.17, 15) is 18.8 Å². The molecule has 1 saturated heterocycles. The molecule has 1 atom stereocenters. The topological polar surface area (TPSA) is 69.7 Å². The minimum absolute atomic E-state index is 0.286. The molecule has 0 radical (unpaired) electrons. The Labute approximate surface area is 165 Å². The Morgan fingerprint density at radius 2 is 1.89 bits per heavy atom. The number of rotatable bonds is 5. The highest BCUT2D eigenvalue weighted by molar-refractivity contribution is 6.09. The summed E-state index contributed by atoms with van der Waals surface area (Å²) in [6.45, 7) is 3.68. The van der Waals surface area contributed by atoms with Crippen molar-refractivity contribution >= 4 is 17.8 Å². The van der Waals surface area contributed by atoms with Gasteiger partial charge in [0.1, 0.15) is 17.9 Å². The predicted octanol–water partition coefficient (Wildman–Crippen LogP) is 3.24. The van der Waals surface area contributed by atoms with E-state index in [-0.39, 0.29) is 30.2 Å². The lowest BCUT2D eigenvalue weighted by Gasteiger charge is -2.34. The zero-order valence-electron chi connectivity index (χ0n) is 16.7. The molecule has 1 aromatic carbocycles. The molecular weight excluding hydrogens is 361 g/mol. The lowest BCUT2D eigenvalue weighted by Crippen LogP contribution is -2.50. The van der Waals surface area contributed by atoms with Crippen LogP contribution in [0.1, 0.15) is 57.6 Å². The number of hydrogen-bond donors (Lipinski definition) is 1. The van der Waals surface area contributed by atoms with E-state index in [0.29, 0.717) is 18.8 Å². The molecule has 28 heavy (non-hydrogen) atoms. The molecule has 4 amide bonds. The first-order valence-electron chi connectivity index (χ1n) is 9.92. The van der Waals surface area contributed by atoms with Gasteiger partial charge in [-0.2, -0.15) is 0 Å². The fraction of sp³-hybridized carbons (Fsp3) is 0.571. The van der Waals surface area contributed by atoms with Crippen LogP contribution in [-0.4, -0.2) is 46.8 Å². The SMILES string of the molecule is CCC1CCC2(CC1)NC(=O)N(CC(=O)N(C)C(C)c1ccc(F)cc1)C2=O. The first-order valence-corrected chi connectivity index (χ1v) is 9.92. The van der Waals surface area contributed by atoms with Crippen molar-refractivity contribution in [2.75, 3.05) is 13.6 Å². The summed E-state index contributed by atoms with van der Waals surface area (Å²) in [6.07, 6.45) is 4.15. The number of benzene rings is 1. The van der Waals surface area contributed by atoms with Crippen LogP contribution in [0.15, 0.2) is 24.3 Å². The largest absolute Gasteiger partial charge is 0.337 e. The van der Waals surface area contributed by atoms with Crippen molar-refractivity contribution in [2.24, 2.45) is 5.92 Å². The van der Waals surface area contributed by atoms with E-state index in [4.69, 9.17) is 0 Å². The molecule has 0 aromatic heterocycles. The Kier molecular flexibility index (Phi) is 5.72. The molecule has 152 valence electrons. The van der Waals surface area contributed by atoms with E-state index in [1.807, 2.05) is 6.92 Å². The maximum absolute atomic E-state index is 13.1. The van der Waals surface area contributed by atoms with Gasteiger partial charge < -0.3 is 10.2 Å². The van der Waals surface area contributed by atoms with Crippen molar-refractivity contribution in [3.05, 3.63) is 35.6 Å². The standard InChI is InChI=1S/C21H28FN3O3/c1-4-15-9-11-21(12-10-15)19(27)25(20(28)23-21)13-18(26)24(3)14(2)16-5-7-17(22)8-6-16/h5-8,14-15H,4,9-13H2,1-3H3,(H,23,28). The van der Waals surface area contributed by atoms with E-state index >= 15 is 0 Å². The number of urea groups is 1.